The summed E-state index contributed by atoms with van der Waals surface area (Å²) in [6.45, 7) is 21.1. The Labute approximate surface area is 150 Å². The standard InChI is InChI=1S/C23H37N/c1-13(2)20-11-15(5)17(7)22-18(8)19(9)24(10)16(6)12-21(14(3)4)23(20)22/h11,13-14,16,21H,12H2,1-10H3/b19-18-/t16-,21?/m1/s1. The topological polar surface area (TPSA) is 3.24 Å². The van der Waals surface area contributed by atoms with E-state index in [4.69, 9.17) is 0 Å². The fourth-order valence-electron chi connectivity index (χ4n) is 4.35. The van der Waals surface area contributed by atoms with E-state index in [1.54, 1.807) is 11.1 Å². The molecule has 24 heavy (non-hydrogen) atoms. The van der Waals surface area contributed by atoms with Gasteiger partial charge in [0.2, 0.25) is 0 Å². The summed E-state index contributed by atoms with van der Waals surface area (Å²) in [7, 11) is 2.26. The molecule has 0 saturated heterocycles. The highest BCUT2D eigenvalue weighted by atomic mass is 15.1. The largest absolute Gasteiger partial charge is 0.375 e. The Balaban J connectivity index is 2.94. The van der Waals surface area contributed by atoms with E-state index in [0.717, 1.165) is 0 Å². The predicted molar refractivity (Wildman–Crippen MR) is 108 cm³/mol. The fourth-order valence-corrected chi connectivity index (χ4v) is 4.35. The number of hydrogen-bond acceptors (Lipinski definition) is 1. The van der Waals surface area contributed by atoms with Crippen LogP contribution in [-0.4, -0.2) is 18.0 Å². The SMILES string of the molecule is C/C1=C(\C)N(C)[C@H](C)CC(C(C)C)c2c(C(C)C)cc(C)c(C)c21. The van der Waals surface area contributed by atoms with Gasteiger partial charge in [-0.3, -0.25) is 0 Å². The van der Waals surface area contributed by atoms with E-state index < -0.39 is 0 Å². The maximum absolute atomic E-state index is 2.49. The van der Waals surface area contributed by atoms with Gasteiger partial charge in [0.15, 0.2) is 0 Å². The van der Waals surface area contributed by atoms with Crippen molar-refractivity contribution in [1.29, 1.82) is 0 Å². The molecule has 0 radical (unpaired) electrons. The van der Waals surface area contributed by atoms with Gasteiger partial charge in [-0.15, -0.1) is 0 Å². The summed E-state index contributed by atoms with van der Waals surface area (Å²) in [5.41, 5.74) is 10.5. The molecular weight excluding hydrogens is 290 g/mol. The number of hydrogen-bond donors (Lipinski definition) is 0. The molecule has 0 bridgehead atoms. The van der Waals surface area contributed by atoms with Gasteiger partial charge in [-0.2, -0.15) is 0 Å². The summed E-state index contributed by atoms with van der Waals surface area (Å²) >= 11 is 0. The van der Waals surface area contributed by atoms with Crippen molar-refractivity contribution >= 4 is 5.57 Å². The molecule has 1 aromatic rings. The molecule has 0 spiro atoms. The minimum Gasteiger partial charge on any atom is -0.375 e. The van der Waals surface area contributed by atoms with E-state index in [1.807, 2.05) is 0 Å². The van der Waals surface area contributed by atoms with Gasteiger partial charge in [0, 0.05) is 18.8 Å². The first-order valence-corrected chi connectivity index (χ1v) is 9.62. The first kappa shape index (κ1) is 19.1. The third-order valence-electron chi connectivity index (χ3n) is 6.42. The molecule has 2 atom stereocenters. The Morgan fingerprint density at radius 3 is 2.12 bits per heavy atom. The van der Waals surface area contributed by atoms with Gasteiger partial charge in [0.25, 0.3) is 0 Å². The van der Waals surface area contributed by atoms with Gasteiger partial charge in [-0.25, -0.2) is 0 Å². The van der Waals surface area contributed by atoms with Crippen LogP contribution >= 0.6 is 0 Å². The highest BCUT2D eigenvalue weighted by Gasteiger charge is 2.31. The Kier molecular flexibility index (Phi) is 5.52. The van der Waals surface area contributed by atoms with Gasteiger partial charge >= 0.3 is 0 Å². The molecular formula is C23H37N. The van der Waals surface area contributed by atoms with E-state index >= 15 is 0 Å². The lowest BCUT2D eigenvalue weighted by Gasteiger charge is -2.39. The summed E-state index contributed by atoms with van der Waals surface area (Å²) in [4.78, 5) is 2.49. The third kappa shape index (κ3) is 3.15. The predicted octanol–water partition coefficient (Wildman–Crippen LogP) is 6.64. The average molecular weight is 328 g/mol. The van der Waals surface area contributed by atoms with E-state index in [2.05, 4.69) is 80.3 Å². The van der Waals surface area contributed by atoms with Crippen LogP contribution in [-0.2, 0) is 0 Å². The van der Waals surface area contributed by atoms with Crippen LogP contribution in [0.2, 0.25) is 0 Å². The molecule has 1 heterocycles. The molecule has 134 valence electrons. The highest BCUT2D eigenvalue weighted by molar-refractivity contribution is 5.75. The molecule has 1 unspecified atom stereocenters. The zero-order valence-corrected chi connectivity index (χ0v) is 17.5. The molecule has 0 aliphatic carbocycles. The minimum absolute atomic E-state index is 0.569. The van der Waals surface area contributed by atoms with Crippen molar-refractivity contribution in [2.45, 2.75) is 86.6 Å². The van der Waals surface area contributed by atoms with Crippen molar-refractivity contribution < 1.29 is 0 Å². The van der Waals surface area contributed by atoms with Crippen molar-refractivity contribution in [2.24, 2.45) is 5.92 Å². The van der Waals surface area contributed by atoms with Gasteiger partial charge < -0.3 is 4.90 Å². The van der Waals surface area contributed by atoms with Crippen molar-refractivity contribution in [1.82, 2.24) is 4.90 Å². The molecule has 1 heteroatoms. The van der Waals surface area contributed by atoms with E-state index in [9.17, 15) is 0 Å². The quantitative estimate of drug-likeness (QED) is 0.588. The number of benzene rings is 1. The second kappa shape index (κ2) is 6.94. The Morgan fingerprint density at radius 1 is 1.04 bits per heavy atom. The van der Waals surface area contributed by atoms with Gasteiger partial charge in [0.05, 0.1) is 0 Å². The van der Waals surface area contributed by atoms with E-state index in [-0.39, 0.29) is 0 Å². The van der Waals surface area contributed by atoms with Crippen molar-refractivity contribution in [3.63, 3.8) is 0 Å². The monoisotopic (exact) mass is 327 g/mol. The lowest BCUT2D eigenvalue weighted by Crippen LogP contribution is -2.33. The van der Waals surface area contributed by atoms with Gasteiger partial charge in [-0.1, -0.05) is 33.8 Å². The second-order valence-corrected chi connectivity index (χ2v) is 8.61. The summed E-state index contributed by atoms with van der Waals surface area (Å²) in [6, 6.07) is 3.04. The highest BCUT2D eigenvalue weighted by Crippen LogP contribution is 2.44. The van der Waals surface area contributed by atoms with Crippen LogP contribution < -0.4 is 0 Å². The van der Waals surface area contributed by atoms with Crippen LogP contribution in [0.15, 0.2) is 11.8 Å². The number of fused-ring (bicyclic) bond motifs is 1. The third-order valence-corrected chi connectivity index (χ3v) is 6.42. The van der Waals surface area contributed by atoms with Crippen molar-refractivity contribution in [3.8, 4) is 0 Å². The summed E-state index contributed by atoms with van der Waals surface area (Å²) < 4.78 is 0. The maximum Gasteiger partial charge on any atom is 0.0261 e. The molecule has 1 aliphatic heterocycles. The summed E-state index contributed by atoms with van der Waals surface area (Å²) in [5.74, 6) is 1.85. The molecule has 2 rings (SSSR count). The minimum atomic E-state index is 0.569. The van der Waals surface area contributed by atoms with Crippen LogP contribution in [0.1, 0.15) is 94.5 Å². The van der Waals surface area contributed by atoms with Crippen LogP contribution in [0.4, 0.5) is 0 Å². The average Bonchev–Trinajstić information content (AvgIpc) is 2.51. The van der Waals surface area contributed by atoms with Crippen molar-refractivity contribution in [3.05, 3.63) is 39.6 Å². The molecule has 0 saturated carbocycles. The molecule has 0 fully saturated rings. The fraction of sp³-hybridized carbons (Fsp3) is 0.652. The maximum atomic E-state index is 2.49. The molecule has 1 aromatic carbocycles. The lowest BCUT2D eigenvalue weighted by atomic mass is 9.72. The zero-order valence-electron chi connectivity index (χ0n) is 17.5. The number of nitrogens with zero attached hydrogens (tertiary/aromatic N) is 1. The first-order chi connectivity index (χ1) is 11.1. The molecule has 0 N–H and O–H groups in total. The summed E-state index contributed by atoms with van der Waals surface area (Å²) in [5, 5.41) is 0. The number of aryl methyl sites for hydroxylation is 1. The number of rotatable bonds is 2. The Morgan fingerprint density at radius 2 is 1.62 bits per heavy atom. The Hall–Kier alpha value is -1.24. The first-order valence-electron chi connectivity index (χ1n) is 9.62. The van der Waals surface area contributed by atoms with E-state index in [0.29, 0.717) is 23.8 Å². The van der Waals surface area contributed by atoms with Crippen molar-refractivity contribution in [2.75, 3.05) is 7.05 Å². The smallest absolute Gasteiger partial charge is 0.0261 e. The van der Waals surface area contributed by atoms with Crippen LogP contribution in [0.3, 0.4) is 0 Å². The zero-order chi connectivity index (χ0) is 18.3. The molecule has 1 aliphatic rings. The van der Waals surface area contributed by atoms with Gasteiger partial charge in [-0.05, 0) is 92.2 Å². The van der Waals surface area contributed by atoms with Crippen LogP contribution in [0.5, 0.6) is 0 Å². The van der Waals surface area contributed by atoms with Gasteiger partial charge in [0.1, 0.15) is 0 Å². The van der Waals surface area contributed by atoms with Crippen LogP contribution in [0, 0.1) is 19.8 Å². The molecule has 0 amide bonds. The Bertz CT molecular complexity index is 648. The second-order valence-electron chi connectivity index (χ2n) is 8.61. The van der Waals surface area contributed by atoms with E-state index in [1.165, 1.54) is 34.4 Å². The molecule has 1 nitrogen and oxygen atoms in total. The number of allylic oxidation sites excluding steroid dienone is 2. The molecule has 0 aromatic heterocycles. The van der Waals surface area contributed by atoms with Crippen LogP contribution in [0.25, 0.3) is 5.57 Å². The lowest BCUT2D eigenvalue weighted by molar-refractivity contribution is 0.270. The summed E-state index contributed by atoms with van der Waals surface area (Å²) in [6.07, 6.45) is 1.23. The normalized spacial score (nSPS) is 25.1.